The van der Waals surface area contributed by atoms with Crippen LogP contribution in [0, 0.1) is 0 Å². The zero-order valence-corrected chi connectivity index (χ0v) is 14.7. The standard InChI is InChI=1S/AsH3O4.Ga.H2O4S.H2O.Pb/c2-1(3,4)5;;1-5(2,3)4;;/h(H3,2,3,4,5);;(H2,1,2,3,4);1H2;/q;+3;;;+2/p-5. The van der Waals surface area contributed by atoms with Crippen molar-refractivity contribution in [3.63, 3.8) is 0 Å². The molecule has 0 atom stereocenters. The Kier molecular flexibility index (Phi) is 26.4. The van der Waals surface area contributed by atoms with Crippen molar-refractivity contribution in [2.45, 2.75) is 0 Å². The zero-order valence-electron chi connectivity index (χ0n) is 5.68. The molecule has 0 unspecified atom stereocenters. The number of hydrogen-bond acceptors (Lipinski definition) is 8. The van der Waals surface area contributed by atoms with E-state index in [0.29, 0.717) is 0 Å². The van der Waals surface area contributed by atoms with Crippen molar-refractivity contribution in [3.05, 3.63) is 0 Å². The predicted molar refractivity (Wildman–Crippen MR) is 32.6 cm³/mol. The molecule has 13 heteroatoms. The second kappa shape index (κ2) is 11.7. The van der Waals surface area contributed by atoms with Crippen LogP contribution in [0.4, 0.5) is 0 Å². The third kappa shape index (κ3) is 696. The fourth-order valence-corrected chi connectivity index (χ4v) is 0. The first-order valence-electron chi connectivity index (χ1n) is 1.41. The summed E-state index contributed by atoms with van der Waals surface area (Å²) in [5.41, 5.74) is 0. The molecule has 0 aromatic rings. The quantitative estimate of drug-likeness (QED) is 0.181. The van der Waals surface area contributed by atoms with Gasteiger partial charge in [-0.05, 0) is 0 Å². The third-order valence-corrected chi connectivity index (χ3v) is 0. The molecule has 0 aliphatic rings. The van der Waals surface area contributed by atoms with E-state index < -0.39 is 24.9 Å². The van der Waals surface area contributed by atoms with E-state index in [1.54, 1.807) is 0 Å². The number of hydrogen-bond donors (Lipinski definition) is 1. The molecule has 0 saturated carbocycles. The van der Waals surface area contributed by atoms with Crippen LogP contribution in [-0.4, -0.2) is 88.7 Å². The molecule has 0 aliphatic heterocycles. The summed E-state index contributed by atoms with van der Waals surface area (Å²) >= 11 is -5.62. The Morgan fingerprint density at radius 2 is 1.15 bits per heavy atom. The first-order valence-corrected chi connectivity index (χ1v) is 5.89. The average molecular weight is 530 g/mol. The summed E-state index contributed by atoms with van der Waals surface area (Å²) in [7, 11) is -5.17. The van der Waals surface area contributed by atoms with E-state index in [-0.39, 0.29) is 52.6 Å². The second-order valence-corrected chi connectivity index (χ2v) is 3.66. The van der Waals surface area contributed by atoms with Gasteiger partial charge in [0, 0.05) is 10.4 Å². The molecule has 13 heavy (non-hydrogen) atoms. The Morgan fingerprint density at radius 1 is 1.15 bits per heavy atom. The summed E-state index contributed by atoms with van der Waals surface area (Å²) in [6.45, 7) is 0. The van der Waals surface area contributed by atoms with Gasteiger partial charge in [-0.2, -0.15) is 0 Å². The van der Waals surface area contributed by atoms with Gasteiger partial charge >= 0.3 is 77.6 Å². The van der Waals surface area contributed by atoms with E-state index in [1.807, 2.05) is 0 Å². The molecule has 0 aromatic heterocycles. The largest absolute Gasteiger partial charge is 3.00 e. The van der Waals surface area contributed by atoms with Crippen LogP contribution in [0.15, 0.2) is 0 Å². The van der Waals surface area contributed by atoms with Crippen molar-refractivity contribution in [1.82, 2.24) is 0 Å². The summed E-state index contributed by atoms with van der Waals surface area (Å²) in [6.07, 6.45) is 0. The first-order chi connectivity index (χ1) is 4.00. The molecule has 0 spiro atoms. The molecule has 0 fully saturated rings. The summed E-state index contributed by atoms with van der Waals surface area (Å²) in [5, 5.41) is 0. The second-order valence-electron chi connectivity index (χ2n) is 0.877. The monoisotopic (exact) mass is 530 g/mol. The summed E-state index contributed by atoms with van der Waals surface area (Å²) in [5.74, 6) is 0. The van der Waals surface area contributed by atoms with E-state index in [4.69, 9.17) is 33.5 Å². The van der Waals surface area contributed by atoms with E-state index in [9.17, 15) is 0 Å². The van der Waals surface area contributed by atoms with Crippen LogP contribution in [-0.2, 0) is 14.1 Å². The smallest absolute Gasteiger partial charge is 0.870 e. The minimum Gasteiger partial charge on any atom is -0.870 e. The average Bonchev–Trinajstić information content (AvgIpc) is 1.12. The van der Waals surface area contributed by atoms with Gasteiger partial charge in [-0.15, -0.1) is 0 Å². The van der Waals surface area contributed by atoms with Crippen LogP contribution in [0.3, 0.4) is 0 Å². The molecule has 0 amide bonds. The van der Waals surface area contributed by atoms with E-state index in [1.165, 1.54) is 0 Å². The van der Waals surface area contributed by atoms with Crippen molar-refractivity contribution >= 4 is 72.0 Å². The van der Waals surface area contributed by atoms with Crippen LogP contribution in [0.1, 0.15) is 0 Å². The van der Waals surface area contributed by atoms with Gasteiger partial charge in [-0.3, -0.25) is 8.42 Å². The molecule has 74 valence electrons. The minimum absolute atomic E-state index is 0. The fraction of sp³-hybridized carbons (Fsp3) is 0. The third-order valence-electron chi connectivity index (χ3n) is 0. The van der Waals surface area contributed by atoms with Gasteiger partial charge in [-0.25, -0.2) is 0 Å². The Hall–Kier alpha value is 1.63. The minimum atomic E-state index is -5.62. The van der Waals surface area contributed by atoms with Crippen LogP contribution in [0.2, 0.25) is 0 Å². The van der Waals surface area contributed by atoms with Crippen LogP contribution < -0.4 is 8.19 Å². The Balaban J connectivity index is -0.0000000267. The van der Waals surface area contributed by atoms with E-state index in [0.717, 1.165) is 0 Å². The molecular weight excluding hydrogens is 528 g/mol. The normalized spacial score (nSPS) is 9.00. The van der Waals surface area contributed by atoms with Gasteiger partial charge in [-0.1, -0.05) is 0 Å². The Bertz CT molecular complexity index is 198. The fourth-order valence-electron chi connectivity index (χ4n) is 0. The molecule has 0 saturated heterocycles. The van der Waals surface area contributed by atoms with Crippen LogP contribution in [0.25, 0.3) is 0 Å². The van der Waals surface area contributed by atoms with Gasteiger partial charge in [0.15, 0.2) is 0 Å². The Morgan fingerprint density at radius 3 is 1.15 bits per heavy atom. The molecule has 0 heterocycles. The summed E-state index contributed by atoms with van der Waals surface area (Å²) in [4.78, 5) is 0. The maximum Gasteiger partial charge on any atom is 3.00 e. The summed E-state index contributed by atoms with van der Waals surface area (Å²) in [6, 6.07) is 0. The molecule has 9 nitrogen and oxygen atoms in total. The topological polar surface area (TPSA) is 194 Å². The first kappa shape index (κ1) is 29.3. The molecule has 0 aromatic carbocycles. The van der Waals surface area contributed by atoms with E-state index >= 15 is 0 Å². The maximum atomic E-state index is 8.72. The summed E-state index contributed by atoms with van der Waals surface area (Å²) < 4.78 is 67.3. The van der Waals surface area contributed by atoms with Gasteiger partial charge in [0.1, 0.15) is 0 Å². The van der Waals surface area contributed by atoms with E-state index in [2.05, 4.69) is 0 Å². The molecule has 0 bridgehead atoms. The molecular formula is H2AsGaO9PbS. The van der Waals surface area contributed by atoms with Gasteiger partial charge in [0.2, 0.25) is 0 Å². The van der Waals surface area contributed by atoms with Crippen molar-refractivity contribution in [3.8, 4) is 0 Å². The molecule has 0 rings (SSSR count). The maximum absolute atomic E-state index is 8.72. The molecule has 2 radical (unpaired) electrons. The molecule has 2 N–H and O–H groups in total. The van der Waals surface area contributed by atoms with Gasteiger partial charge < -0.3 is 14.6 Å². The van der Waals surface area contributed by atoms with Gasteiger partial charge in [0.25, 0.3) is 0 Å². The van der Waals surface area contributed by atoms with Crippen molar-refractivity contribution in [2.75, 3.05) is 0 Å². The zero-order chi connectivity index (χ0) is 9.00. The van der Waals surface area contributed by atoms with Crippen molar-refractivity contribution < 1.29 is 39.0 Å². The van der Waals surface area contributed by atoms with Crippen molar-refractivity contribution in [2.24, 2.45) is 0 Å². The van der Waals surface area contributed by atoms with Crippen molar-refractivity contribution in [1.29, 1.82) is 0 Å². The Labute approximate surface area is 110 Å². The van der Waals surface area contributed by atoms with Crippen LogP contribution >= 0.6 is 0 Å². The van der Waals surface area contributed by atoms with Crippen LogP contribution in [0.5, 0.6) is 0 Å². The SMILES string of the molecule is O=S(=O)([O-])[O-].O=[As]([O-])([O-])O.[Ga+3].[OH-].[Pb+2]. The van der Waals surface area contributed by atoms with Gasteiger partial charge in [0.05, 0.1) is 0 Å². The predicted octanol–water partition coefficient (Wildman–Crippen LogP) is -5.71. The molecule has 0 aliphatic carbocycles. The number of rotatable bonds is 0.